The third-order valence-electron chi connectivity index (χ3n) is 2.83. The molecule has 5 nitrogen and oxygen atoms in total. The molecule has 1 aromatic carbocycles. The minimum Gasteiger partial charge on any atom is -0.382 e. The zero-order chi connectivity index (χ0) is 15.0. The lowest BCUT2D eigenvalue weighted by atomic mass is 9.86. The minimum absolute atomic E-state index is 0.00516. The highest BCUT2D eigenvalue weighted by Gasteiger charge is 2.19. The van der Waals surface area contributed by atoms with Crippen LogP contribution in [0.4, 0.5) is 5.69 Å². The van der Waals surface area contributed by atoms with Crippen LogP contribution in [0, 0.1) is 11.3 Å². The molecule has 0 aliphatic carbocycles. The second-order valence-electron chi connectivity index (χ2n) is 4.91. The lowest BCUT2D eigenvalue weighted by Gasteiger charge is -2.16. The molecule has 1 N–H and O–H groups in total. The molecule has 0 aliphatic rings. The number of nitrogens with one attached hydrogen (secondary N) is 1. The van der Waals surface area contributed by atoms with Crippen LogP contribution in [0.5, 0.6) is 0 Å². The van der Waals surface area contributed by atoms with E-state index < -0.39 is 5.41 Å². The van der Waals surface area contributed by atoms with Crippen molar-refractivity contribution in [1.29, 1.82) is 5.26 Å². The van der Waals surface area contributed by atoms with Gasteiger partial charge in [0.05, 0.1) is 24.7 Å². The molecule has 0 fully saturated rings. The molecule has 20 heavy (non-hydrogen) atoms. The molecule has 0 saturated carbocycles. The van der Waals surface area contributed by atoms with E-state index in [0.717, 1.165) is 5.56 Å². The van der Waals surface area contributed by atoms with Crippen LogP contribution in [0.25, 0.3) is 0 Å². The maximum absolute atomic E-state index is 11.6. The number of benzene rings is 1. The van der Waals surface area contributed by atoms with Gasteiger partial charge in [0, 0.05) is 12.8 Å². The van der Waals surface area contributed by atoms with Gasteiger partial charge in [-0.05, 0) is 31.5 Å². The van der Waals surface area contributed by atoms with Crippen LogP contribution < -0.4 is 5.32 Å². The summed E-state index contributed by atoms with van der Waals surface area (Å²) in [5.74, 6) is -0.214. The van der Waals surface area contributed by atoms with Gasteiger partial charge in [-0.3, -0.25) is 4.79 Å². The van der Waals surface area contributed by atoms with Crippen molar-refractivity contribution in [3.8, 4) is 6.07 Å². The minimum atomic E-state index is -0.536. The fraction of sp³-hybridized carbons (Fsp3) is 0.467. The molecule has 1 rings (SSSR count). The Hall–Kier alpha value is -1.90. The van der Waals surface area contributed by atoms with E-state index in [0.29, 0.717) is 18.9 Å². The summed E-state index contributed by atoms with van der Waals surface area (Å²) in [7, 11) is 1.58. The quantitative estimate of drug-likeness (QED) is 0.774. The van der Waals surface area contributed by atoms with Gasteiger partial charge in [-0.15, -0.1) is 0 Å². The summed E-state index contributed by atoms with van der Waals surface area (Å²) in [6.45, 7) is 4.55. The SMILES string of the molecule is COCCOCC(=O)Nc1ccc(C(C)(C)C#N)cc1. The molecule has 0 aliphatic heterocycles. The molecule has 0 aromatic heterocycles. The van der Waals surface area contributed by atoms with Crippen LogP contribution in [0.2, 0.25) is 0 Å². The standard InChI is InChI=1S/C15H20N2O3/c1-15(2,11-16)12-4-6-13(7-5-12)17-14(18)10-20-9-8-19-3/h4-7H,8-10H2,1-3H3,(H,17,18). The molecule has 1 aromatic rings. The molecule has 1 amide bonds. The number of ether oxygens (including phenoxy) is 2. The summed E-state index contributed by atoms with van der Waals surface area (Å²) >= 11 is 0. The average molecular weight is 276 g/mol. The highest BCUT2D eigenvalue weighted by Crippen LogP contribution is 2.23. The van der Waals surface area contributed by atoms with Gasteiger partial charge in [-0.1, -0.05) is 12.1 Å². The summed E-state index contributed by atoms with van der Waals surface area (Å²) in [5.41, 5.74) is 1.06. The Morgan fingerprint density at radius 1 is 1.30 bits per heavy atom. The van der Waals surface area contributed by atoms with E-state index in [1.165, 1.54) is 0 Å². The third kappa shape index (κ3) is 5.00. The number of rotatable bonds is 7. The highest BCUT2D eigenvalue weighted by molar-refractivity contribution is 5.91. The van der Waals surface area contributed by atoms with Gasteiger partial charge in [0.25, 0.3) is 0 Å². The molecule has 0 bridgehead atoms. The first-order chi connectivity index (χ1) is 9.49. The molecule has 0 saturated heterocycles. The van der Waals surface area contributed by atoms with E-state index in [2.05, 4.69) is 11.4 Å². The second-order valence-corrected chi connectivity index (χ2v) is 4.91. The number of anilines is 1. The number of nitrogens with zero attached hydrogens (tertiary/aromatic N) is 1. The fourth-order valence-corrected chi connectivity index (χ4v) is 1.54. The van der Waals surface area contributed by atoms with Gasteiger partial charge in [-0.2, -0.15) is 5.26 Å². The van der Waals surface area contributed by atoms with Crippen molar-refractivity contribution in [2.75, 3.05) is 32.2 Å². The van der Waals surface area contributed by atoms with Gasteiger partial charge >= 0.3 is 0 Å². The Balaban J connectivity index is 2.50. The average Bonchev–Trinajstić information content (AvgIpc) is 2.44. The fourth-order valence-electron chi connectivity index (χ4n) is 1.54. The van der Waals surface area contributed by atoms with Crippen molar-refractivity contribution in [3.63, 3.8) is 0 Å². The maximum atomic E-state index is 11.6. The molecule has 0 atom stereocenters. The van der Waals surface area contributed by atoms with Crippen molar-refractivity contribution in [3.05, 3.63) is 29.8 Å². The second kappa shape index (κ2) is 7.63. The van der Waals surface area contributed by atoms with Crippen LogP contribution in [0.3, 0.4) is 0 Å². The van der Waals surface area contributed by atoms with Crippen LogP contribution in [0.15, 0.2) is 24.3 Å². The van der Waals surface area contributed by atoms with Crippen molar-refractivity contribution >= 4 is 11.6 Å². The topological polar surface area (TPSA) is 71.3 Å². The zero-order valence-electron chi connectivity index (χ0n) is 12.1. The predicted molar refractivity (Wildman–Crippen MR) is 76.4 cm³/mol. The van der Waals surface area contributed by atoms with E-state index in [-0.39, 0.29) is 12.5 Å². The first-order valence-corrected chi connectivity index (χ1v) is 6.38. The number of carbonyl (C=O) groups is 1. The van der Waals surface area contributed by atoms with Crippen molar-refractivity contribution in [2.45, 2.75) is 19.3 Å². The van der Waals surface area contributed by atoms with Gasteiger partial charge < -0.3 is 14.8 Å². The van der Waals surface area contributed by atoms with E-state index in [1.807, 2.05) is 26.0 Å². The summed E-state index contributed by atoms with van der Waals surface area (Å²) in [6.07, 6.45) is 0. The van der Waals surface area contributed by atoms with E-state index in [1.54, 1.807) is 19.2 Å². The Morgan fingerprint density at radius 2 is 1.95 bits per heavy atom. The summed E-state index contributed by atoms with van der Waals surface area (Å²) in [6, 6.07) is 9.47. The van der Waals surface area contributed by atoms with Crippen LogP contribution in [-0.4, -0.2) is 32.8 Å². The van der Waals surface area contributed by atoms with Gasteiger partial charge in [-0.25, -0.2) is 0 Å². The molecular weight excluding hydrogens is 256 g/mol. The van der Waals surface area contributed by atoms with Crippen molar-refractivity contribution in [1.82, 2.24) is 0 Å². The summed E-state index contributed by atoms with van der Waals surface area (Å²) < 4.78 is 9.94. The Morgan fingerprint density at radius 3 is 2.50 bits per heavy atom. The highest BCUT2D eigenvalue weighted by atomic mass is 16.5. The molecule has 0 heterocycles. The van der Waals surface area contributed by atoms with Crippen molar-refractivity contribution in [2.24, 2.45) is 0 Å². The maximum Gasteiger partial charge on any atom is 0.250 e. The van der Waals surface area contributed by atoms with Crippen LogP contribution >= 0.6 is 0 Å². The lowest BCUT2D eigenvalue weighted by molar-refractivity contribution is -0.121. The number of hydrogen-bond acceptors (Lipinski definition) is 4. The van der Waals surface area contributed by atoms with E-state index in [4.69, 9.17) is 14.7 Å². The third-order valence-corrected chi connectivity index (χ3v) is 2.83. The number of carbonyl (C=O) groups excluding carboxylic acids is 1. The normalized spacial score (nSPS) is 10.9. The molecule has 108 valence electrons. The molecule has 5 heteroatoms. The number of nitriles is 1. The molecule has 0 radical (unpaired) electrons. The predicted octanol–water partition coefficient (Wildman–Crippen LogP) is 2.09. The summed E-state index contributed by atoms with van der Waals surface area (Å²) in [4.78, 5) is 11.6. The Bertz CT molecular complexity index is 475. The number of hydrogen-bond donors (Lipinski definition) is 1. The largest absolute Gasteiger partial charge is 0.382 e. The van der Waals surface area contributed by atoms with Gasteiger partial charge in [0.1, 0.15) is 6.61 Å². The zero-order valence-corrected chi connectivity index (χ0v) is 12.1. The first kappa shape index (κ1) is 16.2. The first-order valence-electron chi connectivity index (χ1n) is 6.38. The van der Waals surface area contributed by atoms with Crippen LogP contribution in [-0.2, 0) is 19.7 Å². The smallest absolute Gasteiger partial charge is 0.250 e. The van der Waals surface area contributed by atoms with E-state index >= 15 is 0 Å². The number of amides is 1. The van der Waals surface area contributed by atoms with Gasteiger partial charge in [0.15, 0.2) is 0 Å². The van der Waals surface area contributed by atoms with E-state index in [9.17, 15) is 4.79 Å². The lowest BCUT2D eigenvalue weighted by Crippen LogP contribution is -2.20. The summed E-state index contributed by atoms with van der Waals surface area (Å²) in [5, 5.41) is 11.8. The van der Waals surface area contributed by atoms with Crippen LogP contribution in [0.1, 0.15) is 19.4 Å². The van der Waals surface area contributed by atoms with Crippen molar-refractivity contribution < 1.29 is 14.3 Å². The molecular formula is C15H20N2O3. The Kier molecular flexibility index (Phi) is 6.16. The molecule has 0 unspecified atom stereocenters. The Labute approximate surface area is 119 Å². The number of methoxy groups -OCH3 is 1. The van der Waals surface area contributed by atoms with Gasteiger partial charge in [0.2, 0.25) is 5.91 Å². The monoisotopic (exact) mass is 276 g/mol. The molecule has 0 spiro atoms.